The van der Waals surface area contributed by atoms with Crippen molar-refractivity contribution in [2.75, 3.05) is 19.4 Å². The molecule has 0 spiro atoms. The summed E-state index contributed by atoms with van der Waals surface area (Å²) < 4.78 is 20.7. The average molecular weight is 538 g/mol. The smallest absolute Gasteiger partial charge is 0.267 e. The molecule has 0 atom stereocenters. The second-order valence-electron chi connectivity index (χ2n) is 9.43. The number of aryl methyl sites for hydroxylation is 1. The van der Waals surface area contributed by atoms with E-state index in [1.54, 1.807) is 22.0 Å². The van der Waals surface area contributed by atoms with E-state index in [1.165, 1.54) is 35.9 Å². The van der Waals surface area contributed by atoms with Crippen LogP contribution in [0.4, 0.5) is 4.39 Å². The standard InChI is InChI=1S/C28H28FN3O3S2/c1-16(2)31-12-11-20-24(14-31)37-26-25(20)27(34)32(19-8-5-17(3)6-9-19)28(30-26)36-15-22(33)18-7-10-23(35-4)21(29)13-18/h5-10,13,16H,11-12,14-15H2,1-4H3. The Morgan fingerprint density at radius 2 is 1.97 bits per heavy atom. The Kier molecular flexibility index (Phi) is 7.20. The number of hydrogen-bond donors (Lipinski definition) is 0. The fourth-order valence-corrected chi connectivity index (χ4v) is 6.75. The Labute approximate surface area is 223 Å². The molecule has 37 heavy (non-hydrogen) atoms. The number of methoxy groups -OCH3 is 1. The molecule has 0 amide bonds. The number of benzene rings is 2. The van der Waals surface area contributed by atoms with Gasteiger partial charge in [-0.25, -0.2) is 9.37 Å². The van der Waals surface area contributed by atoms with E-state index in [9.17, 15) is 14.0 Å². The van der Waals surface area contributed by atoms with Crippen molar-refractivity contribution >= 4 is 39.1 Å². The van der Waals surface area contributed by atoms with Gasteiger partial charge in [0.05, 0.1) is 23.9 Å². The fraction of sp³-hybridized carbons (Fsp3) is 0.321. The first-order valence-corrected chi connectivity index (χ1v) is 13.9. The first-order chi connectivity index (χ1) is 17.8. The summed E-state index contributed by atoms with van der Waals surface area (Å²) in [6.45, 7) is 8.07. The van der Waals surface area contributed by atoms with Gasteiger partial charge in [0.1, 0.15) is 4.83 Å². The van der Waals surface area contributed by atoms with Crippen LogP contribution in [0.1, 0.15) is 40.2 Å². The van der Waals surface area contributed by atoms with Crippen LogP contribution >= 0.6 is 23.1 Å². The van der Waals surface area contributed by atoms with Gasteiger partial charge in [-0.1, -0.05) is 29.5 Å². The number of ether oxygens (including phenoxy) is 1. The number of carbonyl (C=O) groups excluding carboxylic acids is 1. The lowest BCUT2D eigenvalue weighted by Gasteiger charge is -2.30. The molecule has 0 fully saturated rings. The molecule has 0 aliphatic carbocycles. The van der Waals surface area contributed by atoms with Gasteiger partial charge in [0.2, 0.25) is 0 Å². The van der Waals surface area contributed by atoms with Gasteiger partial charge in [0.15, 0.2) is 22.5 Å². The van der Waals surface area contributed by atoms with Gasteiger partial charge in [-0.2, -0.15) is 0 Å². The molecule has 6 nitrogen and oxygen atoms in total. The van der Waals surface area contributed by atoms with E-state index in [4.69, 9.17) is 9.72 Å². The maximum atomic E-state index is 14.2. The van der Waals surface area contributed by atoms with Crippen LogP contribution in [0.2, 0.25) is 0 Å². The number of halogens is 1. The zero-order valence-corrected chi connectivity index (χ0v) is 22.8. The van der Waals surface area contributed by atoms with Crippen molar-refractivity contribution in [1.29, 1.82) is 0 Å². The van der Waals surface area contributed by atoms with Crippen LogP contribution in [0.25, 0.3) is 15.9 Å². The molecule has 0 saturated carbocycles. The number of hydrogen-bond acceptors (Lipinski definition) is 7. The maximum absolute atomic E-state index is 14.2. The zero-order chi connectivity index (χ0) is 26.3. The summed E-state index contributed by atoms with van der Waals surface area (Å²) in [6.07, 6.45) is 0.812. The molecule has 0 bridgehead atoms. The summed E-state index contributed by atoms with van der Waals surface area (Å²) in [7, 11) is 1.38. The SMILES string of the molecule is COc1ccc(C(=O)CSc2nc3sc4c(c3c(=O)n2-c2ccc(C)cc2)CCN(C(C)C)C4)cc1F. The number of fused-ring (bicyclic) bond motifs is 3. The third kappa shape index (κ3) is 4.95. The van der Waals surface area contributed by atoms with E-state index in [2.05, 4.69) is 18.7 Å². The van der Waals surface area contributed by atoms with Crippen LogP contribution in [0.3, 0.4) is 0 Å². The predicted octanol–water partition coefficient (Wildman–Crippen LogP) is 5.64. The average Bonchev–Trinajstić information content (AvgIpc) is 3.25. The highest BCUT2D eigenvalue weighted by atomic mass is 32.2. The Morgan fingerprint density at radius 1 is 1.22 bits per heavy atom. The van der Waals surface area contributed by atoms with E-state index in [1.807, 2.05) is 31.2 Å². The van der Waals surface area contributed by atoms with Gasteiger partial charge in [-0.05, 0) is 63.1 Å². The normalized spacial score (nSPS) is 13.8. The topological polar surface area (TPSA) is 64.4 Å². The summed E-state index contributed by atoms with van der Waals surface area (Å²) in [5, 5.41) is 1.12. The van der Waals surface area contributed by atoms with Crippen molar-refractivity contribution in [3.05, 3.63) is 80.2 Å². The fourth-order valence-electron chi connectivity index (χ4n) is 4.56. The molecule has 0 saturated heterocycles. The minimum atomic E-state index is -0.589. The summed E-state index contributed by atoms with van der Waals surface area (Å²) in [5.74, 6) is -0.743. The van der Waals surface area contributed by atoms with E-state index < -0.39 is 5.82 Å². The minimum Gasteiger partial charge on any atom is -0.494 e. The second-order valence-corrected chi connectivity index (χ2v) is 11.5. The first-order valence-electron chi connectivity index (χ1n) is 12.1. The van der Waals surface area contributed by atoms with Gasteiger partial charge in [-0.3, -0.25) is 19.1 Å². The molecule has 0 N–H and O–H groups in total. The number of Topliss-reactive ketones (excluding diaryl/α,β-unsaturated/α-hetero) is 1. The van der Waals surface area contributed by atoms with Crippen LogP contribution in [-0.2, 0) is 13.0 Å². The van der Waals surface area contributed by atoms with E-state index in [0.717, 1.165) is 30.6 Å². The van der Waals surface area contributed by atoms with Gasteiger partial charge in [0, 0.05) is 29.6 Å². The number of nitrogens with zero attached hydrogens (tertiary/aromatic N) is 3. The van der Waals surface area contributed by atoms with Crippen molar-refractivity contribution in [3.63, 3.8) is 0 Å². The van der Waals surface area contributed by atoms with Gasteiger partial charge in [-0.15, -0.1) is 11.3 Å². The molecule has 9 heteroatoms. The Morgan fingerprint density at radius 3 is 2.65 bits per heavy atom. The molecular formula is C28H28FN3O3S2. The molecule has 0 radical (unpaired) electrons. The quantitative estimate of drug-likeness (QED) is 0.173. The van der Waals surface area contributed by atoms with E-state index in [-0.39, 0.29) is 28.4 Å². The molecule has 2 aromatic heterocycles. The highest BCUT2D eigenvalue weighted by Crippen LogP contribution is 2.35. The van der Waals surface area contributed by atoms with Crippen molar-refractivity contribution in [3.8, 4) is 11.4 Å². The van der Waals surface area contributed by atoms with Crippen LogP contribution in [-0.4, -0.2) is 45.7 Å². The number of ketones is 1. The number of thioether (sulfide) groups is 1. The molecular weight excluding hydrogens is 509 g/mol. The molecule has 4 aromatic rings. The number of thiophene rings is 1. The molecule has 1 aliphatic heterocycles. The number of carbonyl (C=O) groups is 1. The lowest BCUT2D eigenvalue weighted by atomic mass is 10.0. The highest BCUT2D eigenvalue weighted by Gasteiger charge is 2.27. The first kappa shape index (κ1) is 25.6. The summed E-state index contributed by atoms with van der Waals surface area (Å²) in [6, 6.07) is 12.3. The second kappa shape index (κ2) is 10.4. The Balaban J connectivity index is 1.55. The van der Waals surface area contributed by atoms with Gasteiger partial charge >= 0.3 is 0 Å². The molecule has 5 rings (SSSR count). The number of rotatable bonds is 7. The molecule has 192 valence electrons. The lowest BCUT2D eigenvalue weighted by molar-refractivity contribution is 0.102. The number of aromatic nitrogens is 2. The van der Waals surface area contributed by atoms with Crippen molar-refractivity contribution < 1.29 is 13.9 Å². The summed E-state index contributed by atoms with van der Waals surface area (Å²) >= 11 is 2.75. The lowest BCUT2D eigenvalue weighted by Crippen LogP contribution is -2.35. The summed E-state index contributed by atoms with van der Waals surface area (Å²) in [5.41, 5.74) is 3.01. The maximum Gasteiger partial charge on any atom is 0.267 e. The van der Waals surface area contributed by atoms with E-state index >= 15 is 0 Å². The Hall–Kier alpha value is -3.01. The van der Waals surface area contributed by atoms with Crippen LogP contribution in [0.5, 0.6) is 5.75 Å². The molecule has 0 unspecified atom stereocenters. The minimum absolute atomic E-state index is 0.0157. The third-order valence-electron chi connectivity index (χ3n) is 6.70. The molecule has 1 aliphatic rings. The monoisotopic (exact) mass is 537 g/mol. The van der Waals surface area contributed by atoms with Crippen molar-refractivity contribution in [2.45, 2.75) is 44.9 Å². The van der Waals surface area contributed by atoms with Crippen LogP contribution < -0.4 is 10.3 Å². The van der Waals surface area contributed by atoms with E-state index in [0.29, 0.717) is 27.1 Å². The van der Waals surface area contributed by atoms with Gasteiger partial charge in [0.25, 0.3) is 5.56 Å². The highest BCUT2D eigenvalue weighted by molar-refractivity contribution is 7.99. The third-order valence-corrected chi connectivity index (χ3v) is 8.75. The van der Waals surface area contributed by atoms with Crippen LogP contribution in [0.15, 0.2) is 52.4 Å². The van der Waals surface area contributed by atoms with Gasteiger partial charge < -0.3 is 4.74 Å². The predicted molar refractivity (Wildman–Crippen MR) is 147 cm³/mol. The Bertz CT molecular complexity index is 1540. The van der Waals surface area contributed by atoms with Crippen LogP contribution in [0, 0.1) is 12.7 Å². The molecule has 3 heterocycles. The largest absolute Gasteiger partial charge is 0.494 e. The van der Waals surface area contributed by atoms with Crippen molar-refractivity contribution in [2.24, 2.45) is 0 Å². The zero-order valence-electron chi connectivity index (χ0n) is 21.2. The molecule has 2 aromatic carbocycles. The summed E-state index contributed by atoms with van der Waals surface area (Å²) in [4.78, 5) is 36.1. The van der Waals surface area contributed by atoms with Crippen molar-refractivity contribution in [1.82, 2.24) is 14.5 Å².